The average Bonchev–Trinajstić information content (AvgIpc) is 3.27. The van der Waals surface area contributed by atoms with Crippen molar-refractivity contribution < 1.29 is 9.53 Å². The molecule has 4 rings (SSSR count). The van der Waals surface area contributed by atoms with Crippen LogP contribution in [0.5, 0.6) is 5.75 Å². The molecule has 162 valence electrons. The van der Waals surface area contributed by atoms with Gasteiger partial charge in [0.25, 0.3) is 5.91 Å². The van der Waals surface area contributed by atoms with Crippen LogP contribution in [0.1, 0.15) is 34.2 Å². The van der Waals surface area contributed by atoms with Crippen LogP contribution in [-0.4, -0.2) is 62.1 Å². The SMILES string of the molecule is CCn1nnnc1COc1ccc(C(=O)N2CCN(Cc3ccc(C)cc3)CC2)cc1. The molecule has 0 saturated carbocycles. The molecule has 0 aliphatic carbocycles. The molecule has 8 heteroatoms. The van der Waals surface area contributed by atoms with Crippen molar-refractivity contribution in [2.45, 2.75) is 33.5 Å². The van der Waals surface area contributed by atoms with Gasteiger partial charge in [-0.2, -0.15) is 0 Å². The monoisotopic (exact) mass is 420 g/mol. The van der Waals surface area contributed by atoms with Crippen molar-refractivity contribution in [3.63, 3.8) is 0 Å². The lowest BCUT2D eigenvalue weighted by Crippen LogP contribution is -2.48. The molecule has 0 atom stereocenters. The van der Waals surface area contributed by atoms with Crippen LogP contribution in [0, 0.1) is 6.92 Å². The first-order valence-corrected chi connectivity index (χ1v) is 10.7. The summed E-state index contributed by atoms with van der Waals surface area (Å²) in [6.07, 6.45) is 0. The molecular weight excluding hydrogens is 392 g/mol. The van der Waals surface area contributed by atoms with Crippen molar-refractivity contribution in [2.75, 3.05) is 26.2 Å². The Hall–Kier alpha value is -3.26. The van der Waals surface area contributed by atoms with Gasteiger partial charge in [-0.15, -0.1) is 5.10 Å². The van der Waals surface area contributed by atoms with E-state index in [1.165, 1.54) is 11.1 Å². The van der Waals surface area contributed by atoms with Crippen molar-refractivity contribution in [3.8, 4) is 5.75 Å². The van der Waals surface area contributed by atoms with Gasteiger partial charge in [0, 0.05) is 44.8 Å². The van der Waals surface area contributed by atoms with Gasteiger partial charge in [-0.05, 0) is 54.1 Å². The van der Waals surface area contributed by atoms with Crippen LogP contribution in [0.4, 0.5) is 0 Å². The molecular formula is C23H28N6O2. The lowest BCUT2D eigenvalue weighted by atomic mass is 10.1. The Kier molecular flexibility index (Phi) is 6.57. The molecule has 1 aliphatic rings. The standard InChI is InChI=1S/C23H28N6O2/c1-3-29-22(24-25-26-29)17-31-21-10-8-20(9-11-21)23(30)28-14-12-27(13-15-28)16-19-6-4-18(2)5-7-19/h4-11H,3,12-17H2,1-2H3. The van der Waals surface area contributed by atoms with E-state index in [1.54, 1.807) is 4.68 Å². The zero-order chi connectivity index (χ0) is 21.6. The highest BCUT2D eigenvalue weighted by atomic mass is 16.5. The fourth-order valence-electron chi connectivity index (χ4n) is 3.66. The van der Waals surface area contributed by atoms with E-state index >= 15 is 0 Å². The number of tetrazole rings is 1. The highest BCUT2D eigenvalue weighted by Gasteiger charge is 2.22. The van der Waals surface area contributed by atoms with Gasteiger partial charge in [-0.3, -0.25) is 9.69 Å². The van der Waals surface area contributed by atoms with Crippen molar-refractivity contribution in [2.24, 2.45) is 0 Å². The number of hydrogen-bond acceptors (Lipinski definition) is 6. The predicted molar refractivity (Wildman–Crippen MR) is 117 cm³/mol. The normalized spacial score (nSPS) is 14.6. The fraction of sp³-hybridized carbons (Fsp3) is 0.391. The summed E-state index contributed by atoms with van der Waals surface area (Å²) in [5.41, 5.74) is 3.27. The van der Waals surface area contributed by atoms with Crippen molar-refractivity contribution in [1.82, 2.24) is 30.0 Å². The van der Waals surface area contributed by atoms with Gasteiger partial charge in [0.2, 0.25) is 0 Å². The molecule has 0 N–H and O–H groups in total. The maximum Gasteiger partial charge on any atom is 0.253 e. The quantitative estimate of drug-likeness (QED) is 0.585. The van der Waals surface area contributed by atoms with Crippen LogP contribution in [0.2, 0.25) is 0 Å². The van der Waals surface area contributed by atoms with Gasteiger partial charge < -0.3 is 9.64 Å². The first kappa shape index (κ1) is 21.0. The Balaban J connectivity index is 1.27. The number of ether oxygens (including phenoxy) is 1. The Morgan fingerprint density at radius 2 is 1.71 bits per heavy atom. The summed E-state index contributed by atoms with van der Waals surface area (Å²) in [4.78, 5) is 17.2. The smallest absolute Gasteiger partial charge is 0.253 e. The molecule has 2 aromatic carbocycles. The highest BCUT2D eigenvalue weighted by Crippen LogP contribution is 2.17. The number of nitrogens with zero attached hydrogens (tertiary/aromatic N) is 6. The number of carbonyl (C=O) groups is 1. The van der Waals surface area contributed by atoms with E-state index in [0.29, 0.717) is 23.7 Å². The lowest BCUT2D eigenvalue weighted by Gasteiger charge is -2.34. The largest absolute Gasteiger partial charge is 0.486 e. The van der Waals surface area contributed by atoms with Gasteiger partial charge in [-0.1, -0.05) is 29.8 Å². The molecule has 0 bridgehead atoms. The van der Waals surface area contributed by atoms with Crippen LogP contribution in [0.3, 0.4) is 0 Å². The van der Waals surface area contributed by atoms with Crippen LogP contribution in [0.15, 0.2) is 48.5 Å². The third-order valence-corrected chi connectivity index (χ3v) is 5.56. The van der Waals surface area contributed by atoms with Crippen molar-refractivity contribution in [3.05, 3.63) is 71.0 Å². The first-order chi connectivity index (χ1) is 15.1. The third kappa shape index (κ3) is 5.27. The predicted octanol–water partition coefficient (Wildman–Crippen LogP) is 2.54. The summed E-state index contributed by atoms with van der Waals surface area (Å²) >= 11 is 0. The summed E-state index contributed by atoms with van der Waals surface area (Å²) in [5, 5.41) is 11.5. The molecule has 0 spiro atoms. The van der Waals surface area contributed by atoms with E-state index in [-0.39, 0.29) is 12.5 Å². The van der Waals surface area contributed by atoms with Crippen molar-refractivity contribution >= 4 is 5.91 Å². The molecule has 8 nitrogen and oxygen atoms in total. The number of hydrogen-bond donors (Lipinski definition) is 0. The van der Waals surface area contributed by atoms with Gasteiger partial charge in [0.15, 0.2) is 5.82 Å². The zero-order valence-corrected chi connectivity index (χ0v) is 18.1. The second-order valence-electron chi connectivity index (χ2n) is 7.78. The number of aromatic nitrogens is 4. The summed E-state index contributed by atoms with van der Waals surface area (Å²) in [6.45, 7) is 9.22. The Morgan fingerprint density at radius 3 is 2.39 bits per heavy atom. The topological polar surface area (TPSA) is 76.4 Å². The molecule has 3 aromatic rings. The van der Waals surface area contributed by atoms with Gasteiger partial charge in [-0.25, -0.2) is 4.68 Å². The Morgan fingerprint density at radius 1 is 1.00 bits per heavy atom. The zero-order valence-electron chi connectivity index (χ0n) is 18.1. The summed E-state index contributed by atoms with van der Waals surface area (Å²) in [5.74, 6) is 1.42. The summed E-state index contributed by atoms with van der Waals surface area (Å²) in [6, 6.07) is 15.9. The number of carbonyl (C=O) groups excluding carboxylic acids is 1. The molecule has 2 heterocycles. The van der Waals surface area contributed by atoms with Crippen molar-refractivity contribution in [1.29, 1.82) is 0 Å². The van der Waals surface area contributed by atoms with Crippen LogP contribution in [-0.2, 0) is 19.7 Å². The van der Waals surface area contributed by atoms with Gasteiger partial charge >= 0.3 is 0 Å². The second-order valence-corrected chi connectivity index (χ2v) is 7.78. The molecule has 1 aliphatic heterocycles. The summed E-state index contributed by atoms with van der Waals surface area (Å²) in [7, 11) is 0. The maximum atomic E-state index is 12.9. The number of benzene rings is 2. The maximum absolute atomic E-state index is 12.9. The van der Waals surface area contributed by atoms with E-state index in [1.807, 2.05) is 36.1 Å². The molecule has 1 fully saturated rings. The molecule has 0 radical (unpaired) electrons. The van der Waals surface area contributed by atoms with E-state index in [9.17, 15) is 4.79 Å². The average molecular weight is 421 g/mol. The first-order valence-electron chi connectivity index (χ1n) is 10.7. The minimum Gasteiger partial charge on any atom is -0.486 e. The lowest BCUT2D eigenvalue weighted by molar-refractivity contribution is 0.0628. The molecule has 0 unspecified atom stereocenters. The summed E-state index contributed by atoms with van der Waals surface area (Å²) < 4.78 is 7.45. The number of amides is 1. The molecule has 31 heavy (non-hydrogen) atoms. The van der Waals surface area contributed by atoms with Gasteiger partial charge in [0.1, 0.15) is 12.4 Å². The van der Waals surface area contributed by atoms with Gasteiger partial charge in [0.05, 0.1) is 0 Å². The van der Waals surface area contributed by atoms with E-state index in [4.69, 9.17) is 4.74 Å². The minimum absolute atomic E-state index is 0.0662. The minimum atomic E-state index is 0.0662. The van der Waals surface area contributed by atoms with E-state index in [0.717, 1.165) is 32.7 Å². The van der Waals surface area contributed by atoms with E-state index < -0.39 is 0 Å². The highest BCUT2D eigenvalue weighted by molar-refractivity contribution is 5.94. The van der Waals surface area contributed by atoms with Crippen LogP contribution in [0.25, 0.3) is 0 Å². The Bertz CT molecular complexity index is 992. The molecule has 1 aromatic heterocycles. The third-order valence-electron chi connectivity index (χ3n) is 5.56. The number of piperazine rings is 1. The number of rotatable bonds is 7. The number of aryl methyl sites for hydroxylation is 2. The van der Waals surface area contributed by atoms with Crippen LogP contribution >= 0.6 is 0 Å². The second kappa shape index (κ2) is 9.70. The van der Waals surface area contributed by atoms with Crippen LogP contribution < -0.4 is 4.74 Å². The fourth-order valence-corrected chi connectivity index (χ4v) is 3.66. The van der Waals surface area contributed by atoms with E-state index in [2.05, 4.69) is 51.6 Å². The Labute approximate surface area is 182 Å². The molecule has 1 amide bonds. The molecule has 1 saturated heterocycles.